The zero-order valence-corrected chi connectivity index (χ0v) is 12.6. The van der Waals surface area contributed by atoms with Crippen LogP contribution in [0.25, 0.3) is 11.0 Å². The van der Waals surface area contributed by atoms with Crippen LogP contribution in [-0.4, -0.2) is 12.2 Å². The van der Waals surface area contributed by atoms with Crippen molar-refractivity contribution < 1.29 is 9.21 Å². The molecule has 5 heteroatoms. The van der Waals surface area contributed by atoms with Gasteiger partial charge in [0.1, 0.15) is 11.1 Å². The highest BCUT2D eigenvalue weighted by molar-refractivity contribution is 7.98. The summed E-state index contributed by atoms with van der Waals surface area (Å²) < 4.78 is 5.19. The van der Waals surface area contributed by atoms with Crippen LogP contribution in [0, 0.1) is 0 Å². The van der Waals surface area contributed by atoms with Crippen molar-refractivity contribution in [3.8, 4) is 0 Å². The zero-order chi connectivity index (χ0) is 15.5. The Hall–Kier alpha value is -2.53. The second kappa shape index (κ2) is 6.07. The molecule has 110 valence electrons. The van der Waals surface area contributed by atoms with Gasteiger partial charge in [-0.25, -0.2) is 4.79 Å². The fourth-order valence-electron chi connectivity index (χ4n) is 2.16. The molecule has 2 aromatic carbocycles. The Bertz CT molecular complexity index is 902. The molecule has 0 aliphatic rings. The maximum Gasteiger partial charge on any atom is 0.349 e. The minimum Gasteiger partial charge on any atom is -0.422 e. The van der Waals surface area contributed by atoms with Crippen molar-refractivity contribution in [1.82, 2.24) is 0 Å². The Morgan fingerprint density at radius 2 is 1.82 bits per heavy atom. The first-order valence-electron chi connectivity index (χ1n) is 6.66. The van der Waals surface area contributed by atoms with Gasteiger partial charge in [0.2, 0.25) is 0 Å². The summed E-state index contributed by atoms with van der Waals surface area (Å²) in [5, 5.41) is 3.48. The van der Waals surface area contributed by atoms with Crippen LogP contribution >= 0.6 is 11.8 Å². The molecule has 0 bridgehead atoms. The van der Waals surface area contributed by atoms with Gasteiger partial charge in [-0.2, -0.15) is 0 Å². The third kappa shape index (κ3) is 2.76. The lowest BCUT2D eigenvalue weighted by Crippen LogP contribution is -2.20. The molecule has 1 amide bonds. The van der Waals surface area contributed by atoms with Gasteiger partial charge in [0.05, 0.1) is 5.69 Å². The van der Waals surface area contributed by atoms with Gasteiger partial charge in [-0.1, -0.05) is 30.3 Å². The topological polar surface area (TPSA) is 59.3 Å². The highest BCUT2D eigenvalue weighted by Crippen LogP contribution is 2.25. The van der Waals surface area contributed by atoms with E-state index in [9.17, 15) is 9.59 Å². The van der Waals surface area contributed by atoms with Crippen LogP contribution in [0.15, 0.2) is 68.7 Å². The molecule has 3 aromatic rings. The first-order valence-corrected chi connectivity index (χ1v) is 7.89. The van der Waals surface area contributed by atoms with Crippen molar-refractivity contribution in [1.29, 1.82) is 0 Å². The molecule has 0 spiro atoms. The van der Waals surface area contributed by atoms with Crippen molar-refractivity contribution in [3.05, 3.63) is 70.6 Å². The molecular formula is C17H13NO3S. The molecular weight excluding hydrogens is 298 g/mol. The predicted octanol–water partition coefficient (Wildman–Crippen LogP) is 3.77. The number of fused-ring (bicyclic) bond motifs is 1. The number of nitrogens with one attached hydrogen (secondary N) is 1. The van der Waals surface area contributed by atoms with Gasteiger partial charge in [-0.15, -0.1) is 11.8 Å². The lowest BCUT2D eigenvalue weighted by molar-refractivity contribution is 0.102. The fourth-order valence-corrected chi connectivity index (χ4v) is 2.71. The van der Waals surface area contributed by atoms with Crippen LogP contribution in [-0.2, 0) is 0 Å². The number of thioether (sulfide) groups is 1. The molecule has 1 N–H and O–H groups in total. The number of amides is 1. The minimum absolute atomic E-state index is 0.00499. The molecule has 22 heavy (non-hydrogen) atoms. The van der Waals surface area contributed by atoms with E-state index < -0.39 is 11.5 Å². The Morgan fingerprint density at radius 1 is 1.09 bits per heavy atom. The number of carbonyl (C=O) groups excluding carboxylic acids is 1. The van der Waals surface area contributed by atoms with Crippen LogP contribution in [0.2, 0.25) is 0 Å². The third-order valence-electron chi connectivity index (χ3n) is 3.24. The van der Waals surface area contributed by atoms with Crippen molar-refractivity contribution >= 4 is 34.3 Å². The molecule has 0 aliphatic heterocycles. The first kappa shape index (κ1) is 14.4. The highest BCUT2D eigenvalue weighted by Gasteiger charge is 2.15. The van der Waals surface area contributed by atoms with Crippen LogP contribution in [0.4, 0.5) is 5.69 Å². The SMILES string of the molecule is CSc1ccccc1NC(=O)c1cc2ccccc2oc1=O. The minimum atomic E-state index is -0.641. The molecule has 0 fully saturated rings. The molecule has 1 heterocycles. The number of carbonyl (C=O) groups is 1. The van der Waals surface area contributed by atoms with Gasteiger partial charge in [-0.3, -0.25) is 4.79 Å². The van der Waals surface area contributed by atoms with Gasteiger partial charge in [0, 0.05) is 10.3 Å². The van der Waals surface area contributed by atoms with E-state index in [0.29, 0.717) is 16.7 Å². The molecule has 0 saturated heterocycles. The van der Waals surface area contributed by atoms with Crippen LogP contribution in [0.3, 0.4) is 0 Å². The lowest BCUT2D eigenvalue weighted by atomic mass is 10.1. The largest absolute Gasteiger partial charge is 0.422 e. The molecule has 3 rings (SSSR count). The Morgan fingerprint density at radius 3 is 2.64 bits per heavy atom. The highest BCUT2D eigenvalue weighted by atomic mass is 32.2. The summed E-state index contributed by atoms with van der Waals surface area (Å²) in [6.07, 6.45) is 1.93. The summed E-state index contributed by atoms with van der Waals surface area (Å²) in [6, 6.07) is 16.1. The average Bonchev–Trinajstić information content (AvgIpc) is 2.54. The summed E-state index contributed by atoms with van der Waals surface area (Å²) in [4.78, 5) is 25.3. The molecule has 0 atom stereocenters. The molecule has 0 unspecified atom stereocenters. The maximum atomic E-state index is 12.4. The van der Waals surface area contributed by atoms with E-state index in [1.165, 1.54) is 11.8 Å². The number of para-hydroxylation sites is 2. The summed E-state index contributed by atoms with van der Waals surface area (Å²) in [6.45, 7) is 0. The third-order valence-corrected chi connectivity index (χ3v) is 4.04. The van der Waals surface area contributed by atoms with E-state index in [2.05, 4.69) is 5.32 Å². The number of benzene rings is 2. The number of rotatable bonds is 3. The number of anilines is 1. The Labute approximate surface area is 131 Å². The summed E-state index contributed by atoms with van der Waals surface area (Å²) in [5.41, 5.74) is 0.494. The molecule has 4 nitrogen and oxygen atoms in total. The summed E-state index contributed by atoms with van der Waals surface area (Å²) >= 11 is 1.52. The second-order valence-corrected chi connectivity index (χ2v) is 5.49. The van der Waals surface area contributed by atoms with E-state index in [-0.39, 0.29) is 5.56 Å². The number of hydrogen-bond acceptors (Lipinski definition) is 4. The Balaban J connectivity index is 1.98. The second-order valence-electron chi connectivity index (χ2n) is 4.64. The van der Waals surface area contributed by atoms with E-state index >= 15 is 0 Å². The monoisotopic (exact) mass is 311 g/mol. The van der Waals surface area contributed by atoms with Crippen LogP contribution < -0.4 is 10.9 Å². The van der Waals surface area contributed by atoms with Crippen molar-refractivity contribution in [3.63, 3.8) is 0 Å². The predicted molar refractivity (Wildman–Crippen MR) is 88.7 cm³/mol. The van der Waals surface area contributed by atoms with E-state index in [1.807, 2.05) is 30.5 Å². The van der Waals surface area contributed by atoms with Crippen LogP contribution in [0.1, 0.15) is 10.4 Å². The quantitative estimate of drug-likeness (QED) is 0.591. The molecule has 0 saturated carbocycles. The van der Waals surface area contributed by atoms with E-state index in [0.717, 1.165) is 4.90 Å². The maximum absolute atomic E-state index is 12.4. The van der Waals surface area contributed by atoms with Gasteiger partial charge < -0.3 is 9.73 Å². The molecule has 0 radical (unpaired) electrons. The van der Waals surface area contributed by atoms with Crippen LogP contribution in [0.5, 0.6) is 0 Å². The molecule has 0 aliphatic carbocycles. The average molecular weight is 311 g/mol. The lowest BCUT2D eigenvalue weighted by Gasteiger charge is -2.08. The summed E-state index contributed by atoms with van der Waals surface area (Å²) in [7, 11) is 0. The smallest absolute Gasteiger partial charge is 0.349 e. The zero-order valence-electron chi connectivity index (χ0n) is 11.8. The Kier molecular flexibility index (Phi) is 3.98. The van der Waals surface area contributed by atoms with Gasteiger partial charge in [-0.05, 0) is 30.5 Å². The fraction of sp³-hybridized carbons (Fsp3) is 0.0588. The first-order chi connectivity index (χ1) is 10.7. The normalized spacial score (nSPS) is 10.6. The van der Waals surface area contributed by atoms with Gasteiger partial charge in [0.15, 0.2) is 0 Å². The summed E-state index contributed by atoms with van der Waals surface area (Å²) in [5.74, 6) is -0.471. The standard InChI is InChI=1S/C17H13NO3S/c1-22-15-9-5-3-7-13(15)18-16(19)12-10-11-6-2-4-8-14(11)21-17(12)20/h2-10H,1H3,(H,18,19). The van der Waals surface area contributed by atoms with Gasteiger partial charge in [0.25, 0.3) is 5.91 Å². The van der Waals surface area contributed by atoms with Crippen molar-refractivity contribution in [2.24, 2.45) is 0 Å². The number of hydrogen-bond donors (Lipinski definition) is 1. The molecule has 1 aromatic heterocycles. The van der Waals surface area contributed by atoms with E-state index in [1.54, 1.807) is 30.3 Å². The van der Waals surface area contributed by atoms with Crippen molar-refractivity contribution in [2.45, 2.75) is 4.90 Å². The van der Waals surface area contributed by atoms with Gasteiger partial charge >= 0.3 is 5.63 Å². The van der Waals surface area contributed by atoms with E-state index in [4.69, 9.17) is 4.42 Å². The van der Waals surface area contributed by atoms with Crippen molar-refractivity contribution in [2.75, 3.05) is 11.6 Å².